The normalized spacial score (nSPS) is 10.3. The highest BCUT2D eigenvalue weighted by Crippen LogP contribution is 2.10. The molecule has 1 aromatic rings. The molecule has 0 unspecified atom stereocenters. The topological polar surface area (TPSA) is 67.4 Å². The van der Waals surface area contributed by atoms with Crippen LogP contribution in [0.15, 0.2) is 24.3 Å². The number of benzene rings is 1. The molecule has 0 aliphatic rings. The monoisotopic (exact) mass is 296 g/mol. The third kappa shape index (κ3) is 7.29. The van der Waals surface area contributed by atoms with Gasteiger partial charge in [-0.25, -0.2) is 4.39 Å². The van der Waals surface area contributed by atoms with Gasteiger partial charge in [-0.3, -0.25) is 9.59 Å². The van der Waals surface area contributed by atoms with Crippen LogP contribution in [-0.2, 0) is 9.59 Å². The Hall–Kier alpha value is -2.11. The lowest BCUT2D eigenvalue weighted by molar-refractivity contribution is -0.124. The van der Waals surface area contributed by atoms with Crippen molar-refractivity contribution in [3.63, 3.8) is 0 Å². The summed E-state index contributed by atoms with van der Waals surface area (Å²) in [4.78, 5) is 22.8. The van der Waals surface area contributed by atoms with Gasteiger partial charge in [0.2, 0.25) is 11.8 Å². The number of carbonyl (C=O) groups is 2. The second-order valence-electron chi connectivity index (χ2n) is 4.85. The fraction of sp³-hybridized carbons (Fsp3) is 0.467. The molecule has 1 rings (SSSR count). The Morgan fingerprint density at radius 3 is 2.38 bits per heavy atom. The lowest BCUT2D eigenvalue weighted by Crippen LogP contribution is -2.36. The van der Waals surface area contributed by atoms with E-state index in [-0.39, 0.29) is 36.6 Å². The van der Waals surface area contributed by atoms with Crippen LogP contribution in [0, 0.1) is 11.7 Å². The van der Waals surface area contributed by atoms with Crippen LogP contribution in [0.3, 0.4) is 0 Å². The van der Waals surface area contributed by atoms with Crippen molar-refractivity contribution in [1.29, 1.82) is 0 Å². The molecule has 1 aromatic carbocycles. The minimum Gasteiger partial charge on any atom is -0.493 e. The first-order valence-electron chi connectivity index (χ1n) is 6.92. The highest BCUT2D eigenvalue weighted by Gasteiger charge is 2.06. The number of rotatable bonds is 8. The number of amides is 2. The quantitative estimate of drug-likeness (QED) is 0.714. The van der Waals surface area contributed by atoms with E-state index in [0.29, 0.717) is 18.8 Å². The molecule has 0 aliphatic heterocycles. The Kier molecular flexibility index (Phi) is 7.21. The Bertz CT molecular complexity index is 460. The van der Waals surface area contributed by atoms with E-state index in [1.54, 1.807) is 13.8 Å². The van der Waals surface area contributed by atoms with Crippen LogP contribution >= 0.6 is 0 Å². The molecule has 0 aromatic heterocycles. The van der Waals surface area contributed by atoms with Crippen LogP contribution in [0.5, 0.6) is 5.75 Å². The number of hydrogen-bond donors (Lipinski definition) is 2. The van der Waals surface area contributed by atoms with Crippen molar-refractivity contribution in [2.24, 2.45) is 5.92 Å². The Labute approximate surface area is 123 Å². The molecule has 21 heavy (non-hydrogen) atoms. The standard InChI is InChI=1S/C15H21FN2O3/c1-11(2)15(20)18-9-8-17-14(19)7-10-21-13-5-3-12(16)4-6-13/h3-6,11H,7-10H2,1-2H3,(H,17,19)(H,18,20). The maximum atomic E-state index is 12.7. The van der Waals surface area contributed by atoms with E-state index in [1.807, 2.05) is 0 Å². The predicted molar refractivity (Wildman–Crippen MR) is 77.4 cm³/mol. The average molecular weight is 296 g/mol. The lowest BCUT2D eigenvalue weighted by atomic mass is 10.2. The molecule has 5 nitrogen and oxygen atoms in total. The summed E-state index contributed by atoms with van der Waals surface area (Å²) in [5, 5.41) is 5.38. The molecule has 0 aliphatic carbocycles. The van der Waals surface area contributed by atoms with Gasteiger partial charge in [0.1, 0.15) is 11.6 Å². The highest BCUT2D eigenvalue weighted by atomic mass is 19.1. The van der Waals surface area contributed by atoms with Gasteiger partial charge < -0.3 is 15.4 Å². The summed E-state index contributed by atoms with van der Waals surface area (Å²) in [5.74, 6) is -0.0680. The van der Waals surface area contributed by atoms with Crippen LogP contribution in [0.4, 0.5) is 4.39 Å². The van der Waals surface area contributed by atoms with E-state index in [9.17, 15) is 14.0 Å². The van der Waals surface area contributed by atoms with Gasteiger partial charge in [-0.05, 0) is 24.3 Å². The van der Waals surface area contributed by atoms with Crippen LogP contribution in [0.2, 0.25) is 0 Å². The SMILES string of the molecule is CC(C)C(=O)NCCNC(=O)CCOc1ccc(F)cc1. The van der Waals surface area contributed by atoms with Crippen molar-refractivity contribution >= 4 is 11.8 Å². The Balaban J connectivity index is 2.09. The van der Waals surface area contributed by atoms with Crippen LogP contribution < -0.4 is 15.4 Å². The maximum absolute atomic E-state index is 12.7. The zero-order valence-electron chi connectivity index (χ0n) is 12.3. The molecule has 0 atom stereocenters. The molecule has 6 heteroatoms. The minimum atomic E-state index is -0.330. The number of nitrogens with one attached hydrogen (secondary N) is 2. The summed E-state index contributed by atoms with van der Waals surface area (Å²) >= 11 is 0. The third-order valence-corrected chi connectivity index (χ3v) is 2.68. The summed E-state index contributed by atoms with van der Waals surface area (Å²) in [6.07, 6.45) is 0.204. The minimum absolute atomic E-state index is 0.0381. The van der Waals surface area contributed by atoms with Crippen LogP contribution in [0.1, 0.15) is 20.3 Å². The molecule has 2 amide bonds. The molecule has 0 saturated heterocycles. The van der Waals surface area contributed by atoms with Crippen molar-refractivity contribution in [3.8, 4) is 5.75 Å². The van der Waals surface area contributed by atoms with Gasteiger partial charge in [0, 0.05) is 19.0 Å². The predicted octanol–water partition coefficient (Wildman–Crippen LogP) is 1.48. The summed E-state index contributed by atoms with van der Waals surface area (Å²) < 4.78 is 18.0. The first-order valence-corrected chi connectivity index (χ1v) is 6.92. The van der Waals surface area contributed by atoms with Crippen LogP contribution in [0.25, 0.3) is 0 Å². The van der Waals surface area contributed by atoms with Gasteiger partial charge in [-0.2, -0.15) is 0 Å². The number of carbonyl (C=O) groups excluding carboxylic acids is 2. The van der Waals surface area contributed by atoms with Crippen molar-refractivity contribution < 1.29 is 18.7 Å². The molecule has 0 bridgehead atoms. The molecule has 0 radical (unpaired) electrons. The van der Waals surface area contributed by atoms with Gasteiger partial charge in [-0.1, -0.05) is 13.8 Å². The molecular formula is C15H21FN2O3. The van der Waals surface area contributed by atoms with Gasteiger partial charge in [0.25, 0.3) is 0 Å². The second-order valence-corrected chi connectivity index (χ2v) is 4.85. The van der Waals surface area contributed by atoms with E-state index in [0.717, 1.165) is 0 Å². The Morgan fingerprint density at radius 2 is 1.76 bits per heavy atom. The first-order chi connectivity index (χ1) is 9.99. The van der Waals surface area contributed by atoms with Gasteiger partial charge >= 0.3 is 0 Å². The molecule has 0 fully saturated rings. The van der Waals surface area contributed by atoms with Crippen LogP contribution in [-0.4, -0.2) is 31.5 Å². The summed E-state index contributed by atoms with van der Waals surface area (Å²) in [7, 11) is 0. The first kappa shape index (κ1) is 16.9. The summed E-state index contributed by atoms with van der Waals surface area (Å²) in [6.45, 7) is 4.62. The lowest BCUT2D eigenvalue weighted by Gasteiger charge is -2.09. The fourth-order valence-electron chi connectivity index (χ4n) is 1.47. The molecular weight excluding hydrogens is 275 g/mol. The zero-order valence-corrected chi connectivity index (χ0v) is 12.3. The Morgan fingerprint density at radius 1 is 1.14 bits per heavy atom. The smallest absolute Gasteiger partial charge is 0.223 e. The van der Waals surface area contributed by atoms with Gasteiger partial charge in [-0.15, -0.1) is 0 Å². The molecule has 0 saturated carbocycles. The van der Waals surface area contributed by atoms with E-state index >= 15 is 0 Å². The molecule has 2 N–H and O–H groups in total. The van der Waals surface area contributed by atoms with E-state index < -0.39 is 0 Å². The average Bonchev–Trinajstić information content (AvgIpc) is 2.45. The maximum Gasteiger partial charge on any atom is 0.223 e. The zero-order chi connectivity index (χ0) is 15.7. The van der Waals surface area contributed by atoms with Crippen molar-refractivity contribution in [2.45, 2.75) is 20.3 Å². The fourth-order valence-corrected chi connectivity index (χ4v) is 1.47. The van der Waals surface area contributed by atoms with Crippen molar-refractivity contribution in [1.82, 2.24) is 10.6 Å². The molecule has 116 valence electrons. The van der Waals surface area contributed by atoms with E-state index in [2.05, 4.69) is 10.6 Å². The summed E-state index contributed by atoms with van der Waals surface area (Å²) in [5.41, 5.74) is 0. The number of ether oxygens (including phenoxy) is 1. The van der Waals surface area contributed by atoms with E-state index in [4.69, 9.17) is 4.74 Å². The number of hydrogen-bond acceptors (Lipinski definition) is 3. The molecule has 0 spiro atoms. The summed E-state index contributed by atoms with van der Waals surface area (Å²) in [6, 6.07) is 5.61. The van der Waals surface area contributed by atoms with Crippen molar-refractivity contribution in [2.75, 3.05) is 19.7 Å². The second kappa shape index (κ2) is 8.94. The highest BCUT2D eigenvalue weighted by molar-refractivity contribution is 5.78. The van der Waals surface area contributed by atoms with E-state index in [1.165, 1.54) is 24.3 Å². The van der Waals surface area contributed by atoms with Crippen molar-refractivity contribution in [3.05, 3.63) is 30.1 Å². The largest absolute Gasteiger partial charge is 0.493 e. The molecule has 0 heterocycles. The van der Waals surface area contributed by atoms with Gasteiger partial charge in [0.15, 0.2) is 0 Å². The van der Waals surface area contributed by atoms with Gasteiger partial charge in [0.05, 0.1) is 13.0 Å². The number of halogens is 1. The third-order valence-electron chi connectivity index (χ3n) is 2.68.